The summed E-state index contributed by atoms with van der Waals surface area (Å²) in [7, 11) is -0.497. The zero-order valence-corrected chi connectivity index (χ0v) is 16.5. The van der Waals surface area contributed by atoms with E-state index in [0.717, 1.165) is 25.6 Å². The fourth-order valence-electron chi connectivity index (χ4n) is 2.06. The van der Waals surface area contributed by atoms with Crippen molar-refractivity contribution in [2.45, 2.75) is 15.7 Å². The monoisotopic (exact) mass is 409 g/mol. The molecule has 0 saturated heterocycles. The first kappa shape index (κ1) is 19.0. The van der Waals surface area contributed by atoms with E-state index < -0.39 is 10.0 Å². The first-order chi connectivity index (χ1) is 12.4. The number of pyridine rings is 1. The molecule has 0 atom stereocenters. The van der Waals surface area contributed by atoms with Gasteiger partial charge in [0.25, 0.3) is 0 Å². The summed E-state index contributed by atoms with van der Waals surface area (Å²) < 4.78 is 38.2. The summed E-state index contributed by atoms with van der Waals surface area (Å²) in [6, 6.07) is 9.48. The van der Waals surface area contributed by atoms with Crippen LogP contribution in [-0.2, 0) is 15.8 Å². The van der Waals surface area contributed by atoms with Crippen LogP contribution in [0.2, 0.25) is 0 Å². The van der Waals surface area contributed by atoms with Gasteiger partial charge in [-0.05, 0) is 36.4 Å². The number of nitrogens with zero attached hydrogens (tertiary/aromatic N) is 3. The summed E-state index contributed by atoms with van der Waals surface area (Å²) in [5.41, 5.74) is 1.77. The smallest absolute Gasteiger partial charge is 0.244 e. The lowest BCUT2D eigenvalue weighted by atomic mass is 10.2. The van der Waals surface area contributed by atoms with E-state index in [4.69, 9.17) is 0 Å². The lowest BCUT2D eigenvalue weighted by Crippen LogP contribution is -2.22. The van der Waals surface area contributed by atoms with Crippen molar-refractivity contribution in [2.75, 3.05) is 14.1 Å². The maximum absolute atomic E-state index is 13.0. The van der Waals surface area contributed by atoms with Gasteiger partial charge >= 0.3 is 0 Å². The molecule has 0 spiro atoms. The summed E-state index contributed by atoms with van der Waals surface area (Å²) in [6.07, 6.45) is 1.36. The van der Waals surface area contributed by atoms with Crippen LogP contribution < -0.4 is 0 Å². The quantitative estimate of drug-likeness (QED) is 0.578. The molecule has 0 aliphatic heterocycles. The van der Waals surface area contributed by atoms with E-state index in [1.54, 1.807) is 24.3 Å². The van der Waals surface area contributed by atoms with Crippen LogP contribution in [0.25, 0.3) is 10.6 Å². The van der Waals surface area contributed by atoms with Crippen LogP contribution in [0, 0.1) is 5.82 Å². The third-order valence-corrected chi connectivity index (χ3v) is 7.21. The zero-order chi connectivity index (χ0) is 18.7. The Hall–Kier alpha value is -1.81. The second-order valence-electron chi connectivity index (χ2n) is 5.56. The molecule has 0 radical (unpaired) electrons. The summed E-state index contributed by atoms with van der Waals surface area (Å²) >= 11 is 2.98. The maximum atomic E-state index is 13.0. The Balaban J connectivity index is 1.65. The van der Waals surface area contributed by atoms with Crippen molar-refractivity contribution < 1.29 is 12.8 Å². The number of halogens is 1. The third kappa shape index (κ3) is 4.29. The Morgan fingerprint density at radius 1 is 1.15 bits per heavy atom. The highest BCUT2D eigenvalue weighted by Crippen LogP contribution is 2.27. The molecule has 26 heavy (non-hydrogen) atoms. The highest BCUT2D eigenvalue weighted by atomic mass is 32.2. The number of benzene rings is 1. The van der Waals surface area contributed by atoms with Gasteiger partial charge in [-0.2, -0.15) is 0 Å². The fraction of sp³-hybridized carbons (Fsp3) is 0.176. The van der Waals surface area contributed by atoms with Gasteiger partial charge in [-0.3, -0.25) is 0 Å². The molecule has 3 rings (SSSR count). The van der Waals surface area contributed by atoms with Crippen LogP contribution in [0.1, 0.15) is 5.69 Å². The van der Waals surface area contributed by atoms with Crippen molar-refractivity contribution in [3.63, 3.8) is 0 Å². The second kappa shape index (κ2) is 7.83. The largest absolute Gasteiger partial charge is 0.249 e. The van der Waals surface area contributed by atoms with Crippen molar-refractivity contribution in [1.29, 1.82) is 0 Å². The van der Waals surface area contributed by atoms with Gasteiger partial charge in [0, 0.05) is 37.0 Å². The highest BCUT2D eigenvalue weighted by Gasteiger charge is 2.17. The molecule has 9 heteroatoms. The molecule has 1 aromatic carbocycles. The normalized spacial score (nSPS) is 11.8. The molecule has 0 aliphatic rings. The van der Waals surface area contributed by atoms with Crippen molar-refractivity contribution in [2.24, 2.45) is 0 Å². The molecule has 2 heterocycles. The molecule has 3 aromatic rings. The minimum Gasteiger partial charge on any atom is -0.249 e. The van der Waals surface area contributed by atoms with Gasteiger partial charge in [0.2, 0.25) is 10.0 Å². The van der Waals surface area contributed by atoms with Crippen LogP contribution in [0.3, 0.4) is 0 Å². The number of hydrogen-bond donors (Lipinski definition) is 0. The Morgan fingerprint density at radius 2 is 1.88 bits per heavy atom. The highest BCUT2D eigenvalue weighted by molar-refractivity contribution is 7.98. The van der Waals surface area contributed by atoms with E-state index in [-0.39, 0.29) is 10.7 Å². The van der Waals surface area contributed by atoms with Crippen LogP contribution >= 0.6 is 23.1 Å². The van der Waals surface area contributed by atoms with Gasteiger partial charge < -0.3 is 0 Å². The summed E-state index contributed by atoms with van der Waals surface area (Å²) in [6.45, 7) is 0. The number of thiazole rings is 1. The van der Waals surface area contributed by atoms with Crippen LogP contribution in [0.4, 0.5) is 4.39 Å². The van der Waals surface area contributed by atoms with Gasteiger partial charge in [0.1, 0.15) is 15.7 Å². The lowest BCUT2D eigenvalue weighted by Gasteiger charge is -2.10. The number of hydrogen-bond acceptors (Lipinski definition) is 6. The molecule has 0 unspecified atom stereocenters. The topological polar surface area (TPSA) is 63.2 Å². The maximum Gasteiger partial charge on any atom is 0.244 e. The van der Waals surface area contributed by atoms with Gasteiger partial charge in [0.05, 0.1) is 10.7 Å². The van der Waals surface area contributed by atoms with Gasteiger partial charge in [-0.1, -0.05) is 0 Å². The van der Waals surface area contributed by atoms with Crippen molar-refractivity contribution in [3.8, 4) is 10.6 Å². The van der Waals surface area contributed by atoms with Gasteiger partial charge in [-0.25, -0.2) is 27.1 Å². The number of rotatable bonds is 6. The van der Waals surface area contributed by atoms with Crippen LogP contribution in [-0.4, -0.2) is 36.8 Å². The van der Waals surface area contributed by atoms with Gasteiger partial charge in [0.15, 0.2) is 0 Å². The molecule has 0 bridgehead atoms. The van der Waals surface area contributed by atoms with Crippen molar-refractivity contribution >= 4 is 33.1 Å². The Morgan fingerprint density at radius 3 is 2.50 bits per heavy atom. The molecule has 0 aliphatic carbocycles. The van der Waals surface area contributed by atoms with E-state index in [2.05, 4.69) is 9.97 Å². The van der Waals surface area contributed by atoms with E-state index in [0.29, 0.717) is 5.75 Å². The Bertz CT molecular complexity index is 985. The minimum atomic E-state index is -3.47. The van der Waals surface area contributed by atoms with Gasteiger partial charge in [-0.15, -0.1) is 23.1 Å². The summed E-state index contributed by atoms with van der Waals surface area (Å²) in [5, 5.41) is 3.51. The van der Waals surface area contributed by atoms with Crippen LogP contribution in [0.15, 0.2) is 57.9 Å². The van der Waals surface area contributed by atoms with E-state index in [1.807, 2.05) is 5.38 Å². The number of thioether (sulfide) groups is 1. The fourth-order valence-corrected chi connectivity index (χ4v) is 4.58. The van der Waals surface area contributed by atoms with E-state index in [1.165, 1.54) is 55.5 Å². The predicted molar refractivity (Wildman–Crippen MR) is 102 cm³/mol. The molecule has 0 N–H and O–H groups in total. The molecular formula is C17H16FN3O2S3. The first-order valence-corrected chi connectivity index (χ1v) is 10.9. The predicted octanol–water partition coefficient (Wildman–Crippen LogP) is 3.89. The zero-order valence-electron chi connectivity index (χ0n) is 14.1. The average Bonchev–Trinajstić information content (AvgIpc) is 3.10. The number of sulfonamides is 1. The molecule has 2 aromatic heterocycles. The summed E-state index contributed by atoms with van der Waals surface area (Å²) in [5.74, 6) is 0.344. The van der Waals surface area contributed by atoms with Crippen LogP contribution in [0.5, 0.6) is 0 Å². The molecule has 136 valence electrons. The second-order valence-corrected chi connectivity index (χ2v) is 9.56. The average molecular weight is 410 g/mol. The minimum absolute atomic E-state index is 0.166. The molecule has 0 amide bonds. The first-order valence-electron chi connectivity index (χ1n) is 7.58. The molecular weight excluding hydrogens is 393 g/mol. The number of aromatic nitrogens is 2. The standard InChI is InChI=1S/C17H16FN3O2S3/c1-21(2)26(22,23)15-7-8-16(19-9-15)24-10-14-11-25-17(20-14)12-3-5-13(18)6-4-12/h3-9,11H,10H2,1-2H3. The van der Waals surface area contributed by atoms with E-state index >= 15 is 0 Å². The Kier molecular flexibility index (Phi) is 5.71. The molecule has 5 nitrogen and oxygen atoms in total. The van der Waals surface area contributed by atoms with Crippen molar-refractivity contribution in [3.05, 3.63) is 59.5 Å². The molecule has 0 fully saturated rings. The van der Waals surface area contributed by atoms with E-state index in [9.17, 15) is 12.8 Å². The molecule has 0 saturated carbocycles. The SMILES string of the molecule is CN(C)S(=O)(=O)c1ccc(SCc2csc(-c3ccc(F)cc3)n2)nc1. The van der Waals surface area contributed by atoms with Crippen molar-refractivity contribution in [1.82, 2.24) is 14.3 Å². The Labute approximate surface area is 160 Å². The summed E-state index contributed by atoms with van der Waals surface area (Å²) in [4.78, 5) is 8.92. The lowest BCUT2D eigenvalue weighted by molar-refractivity contribution is 0.520. The third-order valence-electron chi connectivity index (χ3n) is 3.50.